The van der Waals surface area contributed by atoms with Gasteiger partial charge in [0.15, 0.2) is 9.84 Å². The predicted octanol–water partition coefficient (Wildman–Crippen LogP) is 3.37. The Labute approximate surface area is 108 Å². The molecule has 0 unspecified atom stereocenters. The third kappa shape index (κ3) is 2.62. The van der Waals surface area contributed by atoms with Crippen molar-refractivity contribution in [3.8, 4) is 11.1 Å². The van der Waals surface area contributed by atoms with E-state index in [2.05, 4.69) is 6.07 Å². The van der Waals surface area contributed by atoms with E-state index in [-0.39, 0.29) is 0 Å². The van der Waals surface area contributed by atoms with Gasteiger partial charge < -0.3 is 0 Å². The highest BCUT2D eigenvalue weighted by atomic mass is 32.2. The van der Waals surface area contributed by atoms with Gasteiger partial charge in [-0.1, -0.05) is 47.5 Å². The second-order valence-corrected chi connectivity index (χ2v) is 6.63. The highest BCUT2D eigenvalue weighted by Crippen LogP contribution is 2.28. The zero-order chi connectivity index (χ0) is 13.3. The van der Waals surface area contributed by atoms with Crippen LogP contribution in [0.25, 0.3) is 11.1 Å². The second kappa shape index (κ2) is 4.58. The Morgan fingerprint density at radius 2 is 1.44 bits per heavy atom. The molecule has 0 bridgehead atoms. The third-order valence-electron chi connectivity index (χ3n) is 2.82. The van der Waals surface area contributed by atoms with Gasteiger partial charge in [-0.2, -0.15) is 0 Å². The smallest absolute Gasteiger partial charge is 0.176 e. The maximum absolute atomic E-state index is 11.8. The van der Waals surface area contributed by atoms with Crippen LogP contribution in [0.1, 0.15) is 11.1 Å². The zero-order valence-electron chi connectivity index (χ0n) is 10.8. The summed E-state index contributed by atoms with van der Waals surface area (Å²) in [5, 5.41) is 0. The Bertz CT molecular complexity index is 665. The lowest BCUT2D eigenvalue weighted by Gasteiger charge is -2.09. The molecule has 18 heavy (non-hydrogen) atoms. The van der Waals surface area contributed by atoms with E-state index in [1.807, 2.05) is 38.1 Å². The molecule has 3 heteroatoms. The van der Waals surface area contributed by atoms with Gasteiger partial charge in [-0.25, -0.2) is 8.42 Å². The van der Waals surface area contributed by atoms with Crippen LogP contribution in [0.15, 0.2) is 47.4 Å². The number of rotatable bonds is 2. The molecule has 0 radical (unpaired) electrons. The van der Waals surface area contributed by atoms with E-state index in [1.54, 1.807) is 12.1 Å². The van der Waals surface area contributed by atoms with Crippen molar-refractivity contribution in [2.75, 3.05) is 6.26 Å². The molecule has 0 amide bonds. The summed E-state index contributed by atoms with van der Waals surface area (Å²) in [5.74, 6) is 0. The zero-order valence-corrected chi connectivity index (χ0v) is 11.6. The van der Waals surface area contributed by atoms with Crippen molar-refractivity contribution in [3.05, 3.63) is 53.6 Å². The SMILES string of the molecule is Cc1cc(C)cc(-c2ccccc2S(C)(=O)=O)c1. The molecule has 2 rings (SSSR count). The number of hydrogen-bond acceptors (Lipinski definition) is 2. The average Bonchev–Trinajstić information content (AvgIpc) is 2.26. The Morgan fingerprint density at radius 1 is 0.889 bits per heavy atom. The molecule has 2 aromatic rings. The van der Waals surface area contributed by atoms with Crippen LogP contribution in [0.4, 0.5) is 0 Å². The highest BCUT2D eigenvalue weighted by molar-refractivity contribution is 7.90. The first-order valence-electron chi connectivity index (χ1n) is 5.76. The maximum Gasteiger partial charge on any atom is 0.176 e. The molecule has 0 aromatic heterocycles. The van der Waals surface area contributed by atoms with Crippen LogP contribution >= 0.6 is 0 Å². The van der Waals surface area contributed by atoms with Gasteiger partial charge in [-0.05, 0) is 25.5 Å². The molecule has 2 nitrogen and oxygen atoms in total. The van der Waals surface area contributed by atoms with Crippen molar-refractivity contribution in [2.24, 2.45) is 0 Å². The first-order chi connectivity index (χ1) is 8.38. The number of aryl methyl sites for hydroxylation is 2. The summed E-state index contributed by atoms with van der Waals surface area (Å²) >= 11 is 0. The number of benzene rings is 2. The highest BCUT2D eigenvalue weighted by Gasteiger charge is 2.13. The lowest BCUT2D eigenvalue weighted by Crippen LogP contribution is -1.99. The van der Waals surface area contributed by atoms with Gasteiger partial charge in [0.1, 0.15) is 0 Å². The topological polar surface area (TPSA) is 34.1 Å². The van der Waals surface area contributed by atoms with Gasteiger partial charge in [0.05, 0.1) is 4.90 Å². The molecular weight excluding hydrogens is 244 g/mol. The molecule has 0 fully saturated rings. The van der Waals surface area contributed by atoms with Crippen molar-refractivity contribution >= 4 is 9.84 Å². The fraction of sp³-hybridized carbons (Fsp3) is 0.200. The molecule has 0 atom stereocenters. The summed E-state index contributed by atoms with van der Waals surface area (Å²) in [6.45, 7) is 4.03. The van der Waals surface area contributed by atoms with Crippen LogP contribution in [-0.4, -0.2) is 14.7 Å². The van der Waals surface area contributed by atoms with Crippen LogP contribution in [0, 0.1) is 13.8 Å². The largest absolute Gasteiger partial charge is 0.224 e. The minimum atomic E-state index is -3.21. The van der Waals surface area contributed by atoms with E-state index < -0.39 is 9.84 Å². The standard InChI is InChI=1S/C15H16O2S/c1-11-8-12(2)10-13(9-11)14-6-4-5-7-15(14)18(3,16)17/h4-10H,1-3H3. The number of sulfone groups is 1. The van der Waals surface area contributed by atoms with E-state index in [1.165, 1.54) is 6.26 Å². The van der Waals surface area contributed by atoms with Crippen molar-refractivity contribution in [3.63, 3.8) is 0 Å². The quantitative estimate of drug-likeness (QED) is 0.829. The summed E-state index contributed by atoms with van der Waals surface area (Å²) in [6.07, 6.45) is 1.24. The van der Waals surface area contributed by atoms with Crippen molar-refractivity contribution in [1.29, 1.82) is 0 Å². The molecule has 0 spiro atoms. The van der Waals surface area contributed by atoms with Gasteiger partial charge in [0.2, 0.25) is 0 Å². The van der Waals surface area contributed by atoms with Crippen LogP contribution in [0.2, 0.25) is 0 Å². The summed E-state index contributed by atoms with van der Waals surface area (Å²) in [5.41, 5.74) is 3.99. The van der Waals surface area contributed by atoms with Crippen molar-refractivity contribution in [2.45, 2.75) is 18.7 Å². The van der Waals surface area contributed by atoms with E-state index >= 15 is 0 Å². The van der Waals surface area contributed by atoms with E-state index in [0.717, 1.165) is 22.3 Å². The van der Waals surface area contributed by atoms with E-state index in [4.69, 9.17) is 0 Å². The lowest BCUT2D eigenvalue weighted by atomic mass is 10.0. The Kier molecular flexibility index (Phi) is 3.26. The molecule has 94 valence electrons. The predicted molar refractivity (Wildman–Crippen MR) is 74.5 cm³/mol. The van der Waals surface area contributed by atoms with Crippen LogP contribution < -0.4 is 0 Å². The van der Waals surface area contributed by atoms with Gasteiger partial charge in [0, 0.05) is 11.8 Å². The molecule has 0 aliphatic heterocycles. The van der Waals surface area contributed by atoms with Crippen LogP contribution in [0.3, 0.4) is 0 Å². The Balaban J connectivity index is 2.72. The van der Waals surface area contributed by atoms with Crippen molar-refractivity contribution < 1.29 is 8.42 Å². The van der Waals surface area contributed by atoms with Gasteiger partial charge in [0.25, 0.3) is 0 Å². The fourth-order valence-electron chi connectivity index (χ4n) is 2.16. The molecule has 0 aliphatic carbocycles. The first-order valence-corrected chi connectivity index (χ1v) is 7.65. The van der Waals surface area contributed by atoms with Crippen molar-refractivity contribution in [1.82, 2.24) is 0 Å². The first kappa shape index (κ1) is 12.8. The maximum atomic E-state index is 11.8. The van der Waals surface area contributed by atoms with Gasteiger partial charge >= 0.3 is 0 Å². The molecule has 0 saturated heterocycles. The summed E-state index contributed by atoms with van der Waals surface area (Å²) in [4.78, 5) is 0.384. The van der Waals surface area contributed by atoms with E-state index in [0.29, 0.717) is 4.90 Å². The minimum absolute atomic E-state index is 0.384. The summed E-state index contributed by atoms with van der Waals surface area (Å²) < 4.78 is 23.6. The van der Waals surface area contributed by atoms with Crippen LogP contribution in [-0.2, 0) is 9.84 Å². The van der Waals surface area contributed by atoms with Crippen LogP contribution in [0.5, 0.6) is 0 Å². The second-order valence-electron chi connectivity index (χ2n) is 4.64. The molecule has 0 N–H and O–H groups in total. The third-order valence-corrected chi connectivity index (χ3v) is 3.97. The molecule has 0 heterocycles. The Morgan fingerprint density at radius 3 is 2.00 bits per heavy atom. The normalized spacial score (nSPS) is 11.5. The summed E-state index contributed by atoms with van der Waals surface area (Å²) in [6, 6.07) is 13.2. The molecule has 0 saturated carbocycles. The van der Waals surface area contributed by atoms with Gasteiger partial charge in [-0.15, -0.1) is 0 Å². The fourth-order valence-corrected chi connectivity index (χ4v) is 3.07. The average molecular weight is 260 g/mol. The molecular formula is C15H16O2S. The lowest BCUT2D eigenvalue weighted by molar-refractivity contribution is 0.602. The monoisotopic (exact) mass is 260 g/mol. The number of hydrogen-bond donors (Lipinski definition) is 0. The minimum Gasteiger partial charge on any atom is -0.224 e. The van der Waals surface area contributed by atoms with Gasteiger partial charge in [-0.3, -0.25) is 0 Å². The molecule has 2 aromatic carbocycles. The van der Waals surface area contributed by atoms with E-state index in [9.17, 15) is 8.42 Å². The Hall–Kier alpha value is -1.61. The summed E-state index contributed by atoms with van der Waals surface area (Å²) in [7, 11) is -3.21. The molecule has 0 aliphatic rings.